The van der Waals surface area contributed by atoms with Crippen LogP contribution >= 0.6 is 0 Å². The zero-order valence-electron chi connectivity index (χ0n) is 9.91. The molecule has 4 nitrogen and oxygen atoms in total. The van der Waals surface area contributed by atoms with Crippen LogP contribution in [0.4, 0.5) is 0 Å². The Morgan fingerprint density at radius 2 is 2.00 bits per heavy atom. The number of methoxy groups -OCH3 is 2. The summed E-state index contributed by atoms with van der Waals surface area (Å²) in [7, 11) is 2.18. The lowest BCUT2D eigenvalue weighted by molar-refractivity contribution is -0.305. The number of carbonyl (C=O) groups is 1. The highest BCUT2D eigenvalue weighted by Gasteiger charge is 2.29. The van der Waals surface area contributed by atoms with Crippen molar-refractivity contribution in [3.63, 3.8) is 0 Å². The molecule has 0 fully saturated rings. The molecule has 0 aliphatic heterocycles. The Kier molecular flexibility index (Phi) is 7.50. The van der Waals surface area contributed by atoms with Crippen LogP contribution in [0, 0.1) is 0 Å². The number of rotatable bonds is 8. The van der Waals surface area contributed by atoms with Crippen LogP contribution in [0.1, 0.15) is 20.3 Å². The van der Waals surface area contributed by atoms with Crippen LogP contribution in [0.5, 0.6) is 0 Å². The van der Waals surface area contributed by atoms with E-state index < -0.39 is 15.1 Å². The maximum atomic E-state index is 10.4. The minimum absolute atomic E-state index is 0.586. The third-order valence-corrected chi connectivity index (χ3v) is 4.14. The maximum Gasteiger partial charge on any atom is 0.253 e. The molecule has 0 aromatic carbocycles. The number of allylic oxidation sites excluding steroid dienone is 1. The van der Waals surface area contributed by atoms with Gasteiger partial charge in [-0.1, -0.05) is 12.6 Å². The van der Waals surface area contributed by atoms with Gasteiger partial charge < -0.3 is 14.2 Å². The van der Waals surface area contributed by atoms with Crippen molar-refractivity contribution < 1.29 is 19.0 Å². The van der Waals surface area contributed by atoms with E-state index in [1.807, 2.05) is 12.6 Å². The molecule has 0 amide bonds. The van der Waals surface area contributed by atoms with Gasteiger partial charge >= 0.3 is 0 Å². The molecule has 88 valence electrons. The van der Waals surface area contributed by atoms with Gasteiger partial charge in [-0.15, -0.1) is 0 Å². The van der Waals surface area contributed by atoms with E-state index in [0.29, 0.717) is 12.2 Å². The normalized spacial score (nSPS) is 13.7. The Balaban J connectivity index is 4.41. The van der Waals surface area contributed by atoms with Crippen molar-refractivity contribution >= 4 is 15.8 Å². The van der Waals surface area contributed by atoms with Crippen LogP contribution in [0.25, 0.3) is 0 Å². The van der Waals surface area contributed by atoms with Gasteiger partial charge in [0.1, 0.15) is 6.29 Å². The summed E-state index contributed by atoms with van der Waals surface area (Å²) in [4.78, 5) is 10.4. The fourth-order valence-electron chi connectivity index (χ4n) is 1.02. The quantitative estimate of drug-likeness (QED) is 0.266. The van der Waals surface area contributed by atoms with E-state index in [0.717, 1.165) is 12.7 Å². The molecule has 0 rings (SSSR count). The summed E-state index contributed by atoms with van der Waals surface area (Å²) in [6.45, 7) is 4.36. The number of hydrogen-bond donors (Lipinski definition) is 0. The molecule has 0 aliphatic rings. The number of ether oxygens (including phenoxy) is 3. The molecule has 0 aromatic rings. The lowest BCUT2D eigenvalue weighted by atomic mass is 10.4. The van der Waals surface area contributed by atoms with Crippen molar-refractivity contribution in [2.45, 2.75) is 25.9 Å². The molecule has 0 aliphatic carbocycles. The molecule has 0 unspecified atom stereocenters. The van der Waals surface area contributed by atoms with Gasteiger partial charge in [0.05, 0.1) is 6.61 Å². The smallest absolute Gasteiger partial charge is 0.253 e. The SMILES string of the molecule is CCCOC(OC)(OC)[SiH2]C=C(C)C=O. The topological polar surface area (TPSA) is 44.8 Å². The Labute approximate surface area is 93.4 Å². The van der Waals surface area contributed by atoms with Crippen molar-refractivity contribution in [1.82, 2.24) is 0 Å². The van der Waals surface area contributed by atoms with Crippen LogP contribution in [-0.4, -0.2) is 42.2 Å². The van der Waals surface area contributed by atoms with Gasteiger partial charge in [-0.05, 0) is 18.9 Å². The second-order valence-corrected chi connectivity index (χ2v) is 4.89. The summed E-state index contributed by atoms with van der Waals surface area (Å²) in [5, 5.41) is 0. The Bertz CT molecular complexity index is 211. The molecule has 15 heavy (non-hydrogen) atoms. The first-order valence-corrected chi connectivity index (χ1v) is 6.52. The molecule has 0 heterocycles. The lowest BCUT2D eigenvalue weighted by Gasteiger charge is -2.29. The van der Waals surface area contributed by atoms with Crippen molar-refractivity contribution in [2.75, 3.05) is 20.8 Å². The molecular formula is C10H20O4Si. The minimum Gasteiger partial charge on any atom is -0.335 e. The van der Waals surface area contributed by atoms with Crippen molar-refractivity contribution in [2.24, 2.45) is 0 Å². The second kappa shape index (κ2) is 7.75. The van der Waals surface area contributed by atoms with E-state index in [2.05, 4.69) is 0 Å². The highest BCUT2D eigenvalue weighted by Crippen LogP contribution is 2.13. The van der Waals surface area contributed by atoms with Crippen LogP contribution in [0.2, 0.25) is 0 Å². The summed E-state index contributed by atoms with van der Waals surface area (Å²) >= 11 is 0. The molecule has 0 saturated heterocycles. The molecule has 0 spiro atoms. The zero-order valence-corrected chi connectivity index (χ0v) is 11.3. The Hall–Kier alpha value is -0.493. The number of hydrogen-bond acceptors (Lipinski definition) is 4. The van der Waals surface area contributed by atoms with Gasteiger partial charge in [0.2, 0.25) is 0 Å². The van der Waals surface area contributed by atoms with Crippen LogP contribution in [0.3, 0.4) is 0 Å². The summed E-state index contributed by atoms with van der Waals surface area (Å²) in [6.07, 6.45) is 1.72. The van der Waals surface area contributed by atoms with E-state index in [1.165, 1.54) is 0 Å². The fraction of sp³-hybridized carbons (Fsp3) is 0.700. The molecule has 0 aromatic heterocycles. The first-order chi connectivity index (χ1) is 7.14. The maximum absolute atomic E-state index is 10.4. The van der Waals surface area contributed by atoms with Gasteiger partial charge in [0, 0.05) is 14.2 Å². The van der Waals surface area contributed by atoms with Crippen molar-refractivity contribution in [3.05, 3.63) is 11.3 Å². The largest absolute Gasteiger partial charge is 0.335 e. The third-order valence-electron chi connectivity index (χ3n) is 2.01. The molecule has 0 atom stereocenters. The highest BCUT2D eigenvalue weighted by atomic mass is 28.2. The predicted octanol–water partition coefficient (Wildman–Crippen LogP) is 0.589. The molecule has 0 N–H and O–H groups in total. The molecule has 0 bridgehead atoms. The van der Waals surface area contributed by atoms with Gasteiger partial charge in [-0.2, -0.15) is 0 Å². The highest BCUT2D eigenvalue weighted by molar-refractivity contribution is 6.45. The summed E-state index contributed by atoms with van der Waals surface area (Å²) < 4.78 is 16.0. The average Bonchev–Trinajstić information content (AvgIpc) is 2.30. The van der Waals surface area contributed by atoms with Gasteiger partial charge in [0.15, 0.2) is 9.52 Å². The fourth-order valence-corrected chi connectivity index (χ4v) is 2.28. The monoisotopic (exact) mass is 232 g/mol. The minimum atomic E-state index is -0.930. The van der Waals surface area contributed by atoms with Crippen molar-refractivity contribution in [3.8, 4) is 0 Å². The van der Waals surface area contributed by atoms with Crippen LogP contribution in [-0.2, 0) is 19.0 Å². The second-order valence-electron chi connectivity index (χ2n) is 3.21. The standard InChI is InChI=1S/C10H20O4Si/c1-5-6-14-10(12-3,13-4)15-8-9(2)7-11/h7-8H,5-6,15H2,1-4H3. The van der Waals surface area contributed by atoms with Crippen LogP contribution < -0.4 is 0 Å². The molecule has 0 radical (unpaired) electrons. The first kappa shape index (κ1) is 14.5. The zero-order chi connectivity index (χ0) is 11.7. The van der Waals surface area contributed by atoms with Gasteiger partial charge in [0.25, 0.3) is 5.60 Å². The van der Waals surface area contributed by atoms with E-state index in [4.69, 9.17) is 14.2 Å². The number of carbonyl (C=O) groups excluding carboxylic acids is 1. The lowest BCUT2D eigenvalue weighted by Crippen LogP contribution is -2.43. The third kappa shape index (κ3) is 5.22. The van der Waals surface area contributed by atoms with E-state index in [-0.39, 0.29) is 0 Å². The average molecular weight is 232 g/mol. The van der Waals surface area contributed by atoms with E-state index in [1.54, 1.807) is 21.1 Å². The summed E-state index contributed by atoms with van der Waals surface area (Å²) in [6, 6.07) is 0. The number of aldehydes is 1. The van der Waals surface area contributed by atoms with E-state index >= 15 is 0 Å². The summed E-state index contributed by atoms with van der Waals surface area (Å²) in [5.74, 6) is 0. The predicted molar refractivity (Wildman–Crippen MR) is 61.4 cm³/mol. The van der Waals surface area contributed by atoms with Crippen LogP contribution in [0.15, 0.2) is 11.3 Å². The van der Waals surface area contributed by atoms with E-state index in [9.17, 15) is 4.79 Å². The summed E-state index contributed by atoms with van der Waals surface area (Å²) in [5.41, 5.74) is 1.64. The first-order valence-electron chi connectivity index (χ1n) is 5.00. The Morgan fingerprint density at radius 3 is 2.40 bits per heavy atom. The molecule has 5 heteroatoms. The van der Waals surface area contributed by atoms with Gasteiger partial charge in [-0.25, -0.2) is 0 Å². The Morgan fingerprint density at radius 1 is 1.40 bits per heavy atom. The van der Waals surface area contributed by atoms with Crippen molar-refractivity contribution in [1.29, 1.82) is 0 Å². The molecular weight excluding hydrogens is 212 g/mol. The van der Waals surface area contributed by atoms with Gasteiger partial charge in [-0.3, -0.25) is 4.79 Å². The molecule has 0 saturated carbocycles.